The summed E-state index contributed by atoms with van der Waals surface area (Å²) in [5.41, 5.74) is -0.179. The first-order valence-corrected chi connectivity index (χ1v) is 7.14. The van der Waals surface area contributed by atoms with Crippen molar-refractivity contribution in [2.24, 2.45) is 0 Å². The van der Waals surface area contributed by atoms with E-state index >= 15 is 0 Å². The molecule has 0 spiro atoms. The van der Waals surface area contributed by atoms with Crippen LogP contribution in [0.5, 0.6) is 0 Å². The van der Waals surface area contributed by atoms with Crippen molar-refractivity contribution in [3.05, 3.63) is 0 Å². The van der Waals surface area contributed by atoms with Gasteiger partial charge in [0, 0.05) is 19.6 Å². The molecule has 0 aromatic heterocycles. The predicted octanol–water partition coefficient (Wildman–Crippen LogP) is 1.48. The van der Waals surface area contributed by atoms with E-state index < -0.39 is 6.10 Å². The van der Waals surface area contributed by atoms with Gasteiger partial charge in [0.1, 0.15) is 0 Å². The topological polar surface area (TPSA) is 44.7 Å². The van der Waals surface area contributed by atoms with E-state index in [0.717, 1.165) is 26.2 Å². The summed E-state index contributed by atoms with van der Waals surface area (Å²) in [5, 5.41) is 13.0. The van der Waals surface area contributed by atoms with Crippen LogP contribution in [0.15, 0.2) is 0 Å². The zero-order valence-electron chi connectivity index (χ0n) is 12.8. The Kier molecular flexibility index (Phi) is 9.64. The third-order valence-electron chi connectivity index (χ3n) is 2.68. The van der Waals surface area contributed by atoms with Gasteiger partial charge in [-0.05, 0) is 40.3 Å². The summed E-state index contributed by atoms with van der Waals surface area (Å²) in [7, 11) is 0. The highest BCUT2D eigenvalue weighted by Gasteiger charge is 2.13. The van der Waals surface area contributed by atoms with Crippen LogP contribution in [0.4, 0.5) is 0 Å². The van der Waals surface area contributed by atoms with Gasteiger partial charge in [0.25, 0.3) is 0 Å². The van der Waals surface area contributed by atoms with Crippen LogP contribution < -0.4 is 5.32 Å². The molecule has 0 bridgehead atoms. The summed E-state index contributed by atoms with van der Waals surface area (Å²) in [6.45, 7) is 15.6. The van der Waals surface area contributed by atoms with E-state index in [9.17, 15) is 5.11 Å². The van der Waals surface area contributed by atoms with Crippen molar-refractivity contribution >= 4 is 0 Å². The second-order valence-corrected chi connectivity index (χ2v) is 5.72. The van der Waals surface area contributed by atoms with E-state index in [4.69, 9.17) is 4.74 Å². The van der Waals surface area contributed by atoms with Gasteiger partial charge in [-0.3, -0.25) is 0 Å². The first kappa shape index (κ1) is 17.8. The molecule has 0 amide bonds. The summed E-state index contributed by atoms with van der Waals surface area (Å²) >= 11 is 0. The minimum atomic E-state index is -0.425. The molecule has 0 rings (SSSR count). The number of likely N-dealkylation sites (N-methyl/N-ethyl adjacent to an activating group) is 1. The van der Waals surface area contributed by atoms with Gasteiger partial charge in [-0.15, -0.1) is 0 Å². The average Bonchev–Trinajstić information content (AvgIpc) is 2.29. The summed E-state index contributed by atoms with van der Waals surface area (Å²) in [6.07, 6.45) is 0.765. The SMILES string of the molecule is CCCN(CC)CCNCC(O)COC(C)(C)C. The molecular formula is C14H32N2O2. The molecule has 0 aliphatic heterocycles. The molecule has 0 fully saturated rings. The van der Waals surface area contributed by atoms with E-state index in [-0.39, 0.29) is 5.60 Å². The molecule has 18 heavy (non-hydrogen) atoms. The van der Waals surface area contributed by atoms with Crippen LogP contribution >= 0.6 is 0 Å². The van der Waals surface area contributed by atoms with Crippen LogP contribution in [-0.2, 0) is 4.74 Å². The summed E-state index contributed by atoms with van der Waals surface area (Å²) in [5.74, 6) is 0. The highest BCUT2D eigenvalue weighted by Crippen LogP contribution is 2.06. The molecular weight excluding hydrogens is 228 g/mol. The van der Waals surface area contributed by atoms with Crippen LogP contribution in [-0.4, -0.2) is 61.0 Å². The Bertz CT molecular complexity index is 193. The van der Waals surface area contributed by atoms with Crippen molar-refractivity contribution in [2.75, 3.05) is 39.3 Å². The molecule has 0 saturated heterocycles. The molecule has 4 nitrogen and oxygen atoms in total. The zero-order valence-corrected chi connectivity index (χ0v) is 12.8. The molecule has 0 saturated carbocycles. The molecule has 0 aromatic carbocycles. The monoisotopic (exact) mass is 260 g/mol. The Morgan fingerprint density at radius 3 is 2.39 bits per heavy atom. The molecule has 4 heteroatoms. The van der Waals surface area contributed by atoms with Crippen LogP contribution in [0.2, 0.25) is 0 Å². The number of ether oxygens (including phenoxy) is 1. The molecule has 2 N–H and O–H groups in total. The van der Waals surface area contributed by atoms with Gasteiger partial charge in [-0.25, -0.2) is 0 Å². The minimum absolute atomic E-state index is 0.179. The number of nitrogens with zero attached hydrogens (tertiary/aromatic N) is 1. The summed E-state index contributed by atoms with van der Waals surface area (Å²) in [6, 6.07) is 0. The van der Waals surface area contributed by atoms with Crippen molar-refractivity contribution in [1.29, 1.82) is 0 Å². The van der Waals surface area contributed by atoms with Gasteiger partial charge in [-0.2, -0.15) is 0 Å². The zero-order chi connectivity index (χ0) is 14.0. The Morgan fingerprint density at radius 1 is 1.22 bits per heavy atom. The molecule has 1 unspecified atom stereocenters. The van der Waals surface area contributed by atoms with Crippen LogP contribution in [0, 0.1) is 0 Å². The molecule has 110 valence electrons. The lowest BCUT2D eigenvalue weighted by Gasteiger charge is -2.23. The number of aliphatic hydroxyl groups is 1. The maximum atomic E-state index is 9.74. The average molecular weight is 260 g/mol. The first-order valence-electron chi connectivity index (χ1n) is 7.14. The number of hydrogen-bond donors (Lipinski definition) is 2. The lowest BCUT2D eigenvalue weighted by molar-refractivity contribution is -0.0478. The van der Waals surface area contributed by atoms with E-state index in [1.165, 1.54) is 6.42 Å². The van der Waals surface area contributed by atoms with E-state index in [0.29, 0.717) is 13.2 Å². The fourth-order valence-corrected chi connectivity index (χ4v) is 1.66. The van der Waals surface area contributed by atoms with Crippen molar-refractivity contribution in [1.82, 2.24) is 10.2 Å². The minimum Gasteiger partial charge on any atom is -0.389 e. The second kappa shape index (κ2) is 9.73. The van der Waals surface area contributed by atoms with Crippen LogP contribution in [0.1, 0.15) is 41.0 Å². The molecule has 1 atom stereocenters. The predicted molar refractivity (Wildman–Crippen MR) is 77.0 cm³/mol. The van der Waals surface area contributed by atoms with E-state index in [2.05, 4.69) is 24.1 Å². The van der Waals surface area contributed by atoms with Crippen molar-refractivity contribution in [3.63, 3.8) is 0 Å². The number of hydrogen-bond acceptors (Lipinski definition) is 4. The smallest absolute Gasteiger partial charge is 0.0897 e. The Labute approximate surface area is 113 Å². The molecule has 0 radical (unpaired) electrons. The Morgan fingerprint density at radius 2 is 1.89 bits per heavy atom. The lowest BCUT2D eigenvalue weighted by Crippen LogP contribution is -2.38. The van der Waals surface area contributed by atoms with Gasteiger partial charge in [0.2, 0.25) is 0 Å². The normalized spacial score (nSPS) is 14.2. The van der Waals surface area contributed by atoms with Gasteiger partial charge >= 0.3 is 0 Å². The maximum absolute atomic E-state index is 9.74. The number of rotatable bonds is 10. The van der Waals surface area contributed by atoms with Crippen LogP contribution in [0.25, 0.3) is 0 Å². The lowest BCUT2D eigenvalue weighted by atomic mass is 10.2. The number of aliphatic hydroxyl groups excluding tert-OH is 1. The molecule has 0 aromatic rings. The Hall–Kier alpha value is -0.160. The fraction of sp³-hybridized carbons (Fsp3) is 1.00. The largest absolute Gasteiger partial charge is 0.389 e. The molecule has 0 heterocycles. The number of nitrogens with one attached hydrogen (secondary N) is 1. The van der Waals surface area contributed by atoms with Crippen molar-refractivity contribution in [3.8, 4) is 0 Å². The Balaban J connectivity index is 3.53. The second-order valence-electron chi connectivity index (χ2n) is 5.72. The quantitative estimate of drug-likeness (QED) is 0.584. The third-order valence-corrected chi connectivity index (χ3v) is 2.68. The van der Waals surface area contributed by atoms with Crippen LogP contribution in [0.3, 0.4) is 0 Å². The first-order chi connectivity index (χ1) is 8.39. The highest BCUT2D eigenvalue weighted by molar-refractivity contribution is 4.65. The van der Waals surface area contributed by atoms with E-state index in [1.54, 1.807) is 0 Å². The van der Waals surface area contributed by atoms with Crippen molar-refractivity contribution in [2.45, 2.75) is 52.7 Å². The van der Waals surface area contributed by atoms with E-state index in [1.807, 2.05) is 20.8 Å². The standard InChI is InChI=1S/C14H32N2O2/c1-6-9-16(7-2)10-8-15-11-13(17)12-18-14(3,4)5/h13,15,17H,6-12H2,1-5H3. The highest BCUT2D eigenvalue weighted by atomic mass is 16.5. The van der Waals surface area contributed by atoms with Gasteiger partial charge in [-0.1, -0.05) is 13.8 Å². The summed E-state index contributed by atoms with van der Waals surface area (Å²) < 4.78 is 5.53. The fourth-order valence-electron chi connectivity index (χ4n) is 1.66. The molecule has 0 aliphatic carbocycles. The van der Waals surface area contributed by atoms with Gasteiger partial charge < -0.3 is 20.1 Å². The van der Waals surface area contributed by atoms with Gasteiger partial charge in [0.15, 0.2) is 0 Å². The van der Waals surface area contributed by atoms with Crippen molar-refractivity contribution < 1.29 is 9.84 Å². The third kappa shape index (κ3) is 11.0. The summed E-state index contributed by atoms with van der Waals surface area (Å²) in [4.78, 5) is 2.41. The van der Waals surface area contributed by atoms with Gasteiger partial charge in [0.05, 0.1) is 18.3 Å². The maximum Gasteiger partial charge on any atom is 0.0897 e. The molecule has 0 aliphatic rings.